The third-order valence-corrected chi connectivity index (χ3v) is 5.78. The van der Waals surface area contributed by atoms with E-state index in [4.69, 9.17) is 14.4 Å². The molecule has 1 saturated heterocycles. The SMILES string of the molecule is CCc1noc(N2CCC(CCCOc3ccc(C(=O)N[C@H](C)CO)c(C)c3)CC2)n1. The number of nitrogens with one attached hydrogen (secondary N) is 1. The van der Waals surface area contributed by atoms with Gasteiger partial charge in [-0.3, -0.25) is 4.79 Å². The minimum atomic E-state index is -0.268. The van der Waals surface area contributed by atoms with Crippen LogP contribution in [0.5, 0.6) is 5.75 Å². The molecule has 2 heterocycles. The summed E-state index contributed by atoms with van der Waals surface area (Å²) in [6.45, 7) is 8.17. The van der Waals surface area contributed by atoms with Crippen molar-refractivity contribution in [2.75, 3.05) is 31.2 Å². The van der Waals surface area contributed by atoms with E-state index in [1.54, 1.807) is 13.0 Å². The molecule has 1 aromatic heterocycles. The van der Waals surface area contributed by atoms with Gasteiger partial charge in [0.2, 0.25) is 0 Å². The predicted octanol–water partition coefficient (Wildman–Crippen LogP) is 3.13. The van der Waals surface area contributed by atoms with Gasteiger partial charge in [0, 0.05) is 31.1 Å². The Morgan fingerprint density at radius 3 is 2.81 bits per heavy atom. The molecule has 0 unspecified atom stereocenters. The largest absolute Gasteiger partial charge is 0.494 e. The molecule has 1 aromatic carbocycles. The Hall–Kier alpha value is -2.61. The summed E-state index contributed by atoms with van der Waals surface area (Å²) >= 11 is 0. The lowest BCUT2D eigenvalue weighted by Gasteiger charge is -2.30. The zero-order chi connectivity index (χ0) is 22.2. The second kappa shape index (κ2) is 11.1. The molecule has 0 spiro atoms. The third-order valence-electron chi connectivity index (χ3n) is 5.78. The number of carbonyl (C=O) groups is 1. The van der Waals surface area contributed by atoms with Crippen LogP contribution in [0.4, 0.5) is 6.01 Å². The van der Waals surface area contributed by atoms with Gasteiger partial charge in [0.1, 0.15) is 5.75 Å². The first kappa shape index (κ1) is 23.1. The summed E-state index contributed by atoms with van der Waals surface area (Å²) in [4.78, 5) is 18.8. The highest BCUT2D eigenvalue weighted by molar-refractivity contribution is 5.95. The van der Waals surface area contributed by atoms with Crippen LogP contribution < -0.4 is 15.0 Å². The second-order valence-electron chi connectivity index (χ2n) is 8.30. The Bertz CT molecular complexity index is 846. The molecule has 1 amide bonds. The molecule has 170 valence electrons. The Balaban J connectivity index is 1.37. The average Bonchev–Trinajstić information content (AvgIpc) is 3.26. The van der Waals surface area contributed by atoms with Crippen LogP contribution in [0.3, 0.4) is 0 Å². The van der Waals surface area contributed by atoms with Crippen LogP contribution in [0.2, 0.25) is 0 Å². The minimum Gasteiger partial charge on any atom is -0.494 e. The summed E-state index contributed by atoms with van der Waals surface area (Å²) in [5.74, 6) is 2.05. The minimum absolute atomic E-state index is 0.0816. The van der Waals surface area contributed by atoms with Crippen LogP contribution in [-0.4, -0.2) is 53.5 Å². The van der Waals surface area contributed by atoms with Gasteiger partial charge in [-0.2, -0.15) is 4.98 Å². The number of carbonyl (C=O) groups excluding carboxylic acids is 1. The fraction of sp³-hybridized carbons (Fsp3) is 0.609. The van der Waals surface area contributed by atoms with Gasteiger partial charge in [0.15, 0.2) is 5.82 Å². The number of benzene rings is 1. The number of aryl methyl sites for hydroxylation is 2. The summed E-state index contributed by atoms with van der Waals surface area (Å²) in [7, 11) is 0. The van der Waals surface area contributed by atoms with Crippen molar-refractivity contribution in [3.05, 3.63) is 35.2 Å². The molecule has 0 aliphatic carbocycles. The Morgan fingerprint density at radius 2 is 2.16 bits per heavy atom. The van der Waals surface area contributed by atoms with E-state index in [2.05, 4.69) is 20.4 Å². The van der Waals surface area contributed by atoms with E-state index in [-0.39, 0.29) is 18.6 Å². The summed E-state index contributed by atoms with van der Waals surface area (Å²) in [6, 6.07) is 5.89. The van der Waals surface area contributed by atoms with Gasteiger partial charge in [-0.05, 0) is 69.2 Å². The average molecular weight is 431 g/mol. The van der Waals surface area contributed by atoms with Gasteiger partial charge in [-0.15, -0.1) is 0 Å². The van der Waals surface area contributed by atoms with E-state index >= 15 is 0 Å². The highest BCUT2D eigenvalue weighted by Crippen LogP contribution is 2.25. The molecule has 8 heteroatoms. The van der Waals surface area contributed by atoms with Crippen molar-refractivity contribution < 1.29 is 19.2 Å². The lowest BCUT2D eigenvalue weighted by atomic mass is 9.92. The second-order valence-corrected chi connectivity index (χ2v) is 8.30. The number of anilines is 1. The molecular formula is C23H34N4O4. The van der Waals surface area contributed by atoms with Crippen molar-refractivity contribution in [2.45, 2.75) is 58.9 Å². The van der Waals surface area contributed by atoms with E-state index in [9.17, 15) is 4.79 Å². The van der Waals surface area contributed by atoms with Crippen LogP contribution in [0.15, 0.2) is 22.7 Å². The number of aliphatic hydroxyl groups excluding tert-OH is 1. The number of aliphatic hydroxyl groups is 1. The number of ether oxygens (including phenoxy) is 1. The van der Waals surface area contributed by atoms with Crippen LogP contribution in [0.1, 0.15) is 61.3 Å². The normalized spacial score (nSPS) is 15.7. The topological polar surface area (TPSA) is 101 Å². The molecule has 31 heavy (non-hydrogen) atoms. The quantitative estimate of drug-likeness (QED) is 0.559. The molecule has 2 aromatic rings. The van der Waals surface area contributed by atoms with Crippen molar-refractivity contribution in [1.29, 1.82) is 0 Å². The maximum Gasteiger partial charge on any atom is 0.324 e. The highest BCUT2D eigenvalue weighted by Gasteiger charge is 2.22. The number of hydrogen-bond acceptors (Lipinski definition) is 7. The van der Waals surface area contributed by atoms with E-state index in [1.165, 1.54) is 0 Å². The number of piperidine rings is 1. The first-order valence-corrected chi connectivity index (χ1v) is 11.2. The van der Waals surface area contributed by atoms with Crippen molar-refractivity contribution in [3.8, 4) is 5.75 Å². The smallest absolute Gasteiger partial charge is 0.324 e. The number of aromatic nitrogens is 2. The Kier molecular flexibility index (Phi) is 8.28. The van der Waals surface area contributed by atoms with Crippen molar-refractivity contribution in [3.63, 3.8) is 0 Å². The summed E-state index contributed by atoms with van der Waals surface area (Å²) in [5.41, 5.74) is 1.46. The first-order valence-electron chi connectivity index (χ1n) is 11.2. The van der Waals surface area contributed by atoms with Crippen LogP contribution in [0.25, 0.3) is 0 Å². The van der Waals surface area contributed by atoms with E-state index in [1.807, 2.05) is 26.0 Å². The summed E-state index contributed by atoms with van der Waals surface area (Å²) in [6.07, 6.45) is 5.17. The van der Waals surface area contributed by atoms with Gasteiger partial charge in [-0.25, -0.2) is 0 Å². The fourth-order valence-corrected chi connectivity index (χ4v) is 3.82. The predicted molar refractivity (Wildman–Crippen MR) is 119 cm³/mol. The molecule has 0 saturated carbocycles. The molecule has 0 bridgehead atoms. The molecule has 3 rings (SSSR count). The molecule has 0 radical (unpaired) electrons. The zero-order valence-corrected chi connectivity index (χ0v) is 18.8. The number of rotatable bonds is 10. The van der Waals surface area contributed by atoms with Gasteiger partial charge >= 0.3 is 6.01 Å². The van der Waals surface area contributed by atoms with E-state index in [0.717, 1.165) is 62.3 Å². The fourth-order valence-electron chi connectivity index (χ4n) is 3.82. The van der Waals surface area contributed by atoms with Crippen molar-refractivity contribution >= 4 is 11.9 Å². The molecule has 1 fully saturated rings. The maximum atomic E-state index is 12.2. The Labute approximate surface area is 184 Å². The van der Waals surface area contributed by atoms with Crippen molar-refractivity contribution in [1.82, 2.24) is 15.5 Å². The maximum absolute atomic E-state index is 12.2. The van der Waals surface area contributed by atoms with Crippen LogP contribution in [-0.2, 0) is 6.42 Å². The molecule has 2 N–H and O–H groups in total. The van der Waals surface area contributed by atoms with Crippen molar-refractivity contribution in [2.24, 2.45) is 5.92 Å². The molecule has 1 aliphatic rings. The molecule has 8 nitrogen and oxygen atoms in total. The summed E-state index contributed by atoms with van der Waals surface area (Å²) in [5, 5.41) is 15.8. The lowest BCUT2D eigenvalue weighted by molar-refractivity contribution is 0.0921. The van der Waals surface area contributed by atoms with E-state index in [0.29, 0.717) is 24.1 Å². The van der Waals surface area contributed by atoms with E-state index < -0.39 is 0 Å². The van der Waals surface area contributed by atoms with Gasteiger partial charge in [0.25, 0.3) is 5.91 Å². The van der Waals surface area contributed by atoms with Gasteiger partial charge in [-0.1, -0.05) is 12.1 Å². The van der Waals surface area contributed by atoms with Gasteiger partial charge < -0.3 is 24.6 Å². The molecule has 1 atom stereocenters. The number of hydrogen-bond donors (Lipinski definition) is 2. The standard InChI is InChI=1S/C23H34N4O4/c1-4-21-25-23(31-26-21)27-11-9-18(10-12-27)6-5-13-30-19-7-8-20(16(2)14-19)22(29)24-17(3)15-28/h7-8,14,17-18,28H,4-6,9-13,15H2,1-3H3,(H,24,29)/t17-/m1/s1. The molecule has 1 aliphatic heterocycles. The number of nitrogens with zero attached hydrogens (tertiary/aromatic N) is 3. The first-order chi connectivity index (χ1) is 15.0. The summed E-state index contributed by atoms with van der Waals surface area (Å²) < 4.78 is 11.2. The van der Waals surface area contributed by atoms with Crippen LogP contribution in [0, 0.1) is 12.8 Å². The Morgan fingerprint density at radius 1 is 1.39 bits per heavy atom. The lowest BCUT2D eigenvalue weighted by Crippen LogP contribution is -2.35. The van der Waals surface area contributed by atoms with Gasteiger partial charge in [0.05, 0.1) is 13.2 Å². The molecular weight excluding hydrogens is 396 g/mol. The third kappa shape index (κ3) is 6.43. The highest BCUT2D eigenvalue weighted by atomic mass is 16.5. The monoisotopic (exact) mass is 430 g/mol. The zero-order valence-electron chi connectivity index (χ0n) is 18.8. The number of amides is 1. The van der Waals surface area contributed by atoms with Crippen LogP contribution >= 0.6 is 0 Å².